The SMILES string of the molecule is Cc1cccc2nc(C(S)c3nc(N)nc4[nH]cnc34)n(C3CCCCC3)c(=O)c12. The maximum absolute atomic E-state index is 13.7. The van der Waals surface area contributed by atoms with Crippen LogP contribution < -0.4 is 11.3 Å². The summed E-state index contributed by atoms with van der Waals surface area (Å²) < 4.78 is 1.85. The maximum atomic E-state index is 13.7. The van der Waals surface area contributed by atoms with Gasteiger partial charge in [0.05, 0.1) is 22.9 Å². The molecule has 30 heavy (non-hydrogen) atoms. The Balaban J connectivity index is 1.78. The van der Waals surface area contributed by atoms with Gasteiger partial charge in [-0.2, -0.15) is 17.6 Å². The van der Waals surface area contributed by atoms with Crippen molar-refractivity contribution in [2.75, 3.05) is 5.73 Å². The van der Waals surface area contributed by atoms with Gasteiger partial charge in [0.25, 0.3) is 5.56 Å². The van der Waals surface area contributed by atoms with Gasteiger partial charge in [0.15, 0.2) is 5.65 Å². The number of rotatable bonds is 3. The van der Waals surface area contributed by atoms with Crippen LogP contribution in [0, 0.1) is 6.92 Å². The van der Waals surface area contributed by atoms with Gasteiger partial charge in [-0.1, -0.05) is 31.4 Å². The number of H-pyrrole nitrogens is 1. The van der Waals surface area contributed by atoms with Crippen molar-refractivity contribution < 1.29 is 0 Å². The summed E-state index contributed by atoms with van der Waals surface area (Å²) in [6, 6.07) is 5.84. The number of nitrogens with zero attached hydrogens (tertiary/aromatic N) is 5. The fraction of sp³-hybridized carbons (Fsp3) is 0.381. The first kappa shape index (κ1) is 19.0. The van der Waals surface area contributed by atoms with E-state index in [-0.39, 0.29) is 17.5 Å². The van der Waals surface area contributed by atoms with Crippen LogP contribution in [0.1, 0.15) is 60.5 Å². The third-order valence-corrected chi connectivity index (χ3v) is 6.41. The molecule has 0 aliphatic heterocycles. The zero-order valence-electron chi connectivity index (χ0n) is 16.7. The Morgan fingerprint density at radius 2 is 2.00 bits per heavy atom. The predicted molar refractivity (Wildman–Crippen MR) is 120 cm³/mol. The van der Waals surface area contributed by atoms with Gasteiger partial charge in [-0.25, -0.2) is 15.0 Å². The normalized spacial score (nSPS) is 16.3. The summed E-state index contributed by atoms with van der Waals surface area (Å²) >= 11 is 4.87. The van der Waals surface area contributed by atoms with E-state index in [1.807, 2.05) is 29.7 Å². The Morgan fingerprint density at radius 3 is 2.80 bits per heavy atom. The minimum atomic E-state index is -0.569. The van der Waals surface area contributed by atoms with E-state index >= 15 is 0 Å². The minimum absolute atomic E-state index is 0.0145. The second-order valence-corrected chi connectivity index (χ2v) is 8.39. The van der Waals surface area contributed by atoms with Crippen LogP contribution >= 0.6 is 12.6 Å². The molecule has 0 radical (unpaired) electrons. The summed E-state index contributed by atoms with van der Waals surface area (Å²) in [6.07, 6.45) is 6.86. The van der Waals surface area contributed by atoms with E-state index in [9.17, 15) is 4.79 Å². The van der Waals surface area contributed by atoms with Crippen LogP contribution in [0.3, 0.4) is 0 Å². The predicted octanol–water partition coefficient (Wildman–Crippen LogP) is 3.48. The number of nitrogens with two attached hydrogens (primary N) is 1. The fourth-order valence-electron chi connectivity index (χ4n) is 4.50. The molecule has 1 aliphatic rings. The first-order valence-electron chi connectivity index (χ1n) is 10.2. The molecule has 1 saturated carbocycles. The third kappa shape index (κ3) is 3.04. The number of benzene rings is 1. The number of aryl methyl sites for hydroxylation is 1. The van der Waals surface area contributed by atoms with E-state index in [0.29, 0.717) is 33.6 Å². The average Bonchev–Trinajstić information content (AvgIpc) is 3.21. The van der Waals surface area contributed by atoms with Gasteiger partial charge in [-0.05, 0) is 31.4 Å². The first-order valence-corrected chi connectivity index (χ1v) is 10.7. The second kappa shape index (κ2) is 7.39. The van der Waals surface area contributed by atoms with Crippen LogP contribution in [0.15, 0.2) is 29.3 Å². The van der Waals surface area contributed by atoms with Gasteiger partial charge in [0.1, 0.15) is 16.6 Å². The van der Waals surface area contributed by atoms with Gasteiger partial charge in [-0.15, -0.1) is 0 Å². The van der Waals surface area contributed by atoms with E-state index in [4.69, 9.17) is 23.3 Å². The number of imidazole rings is 1. The monoisotopic (exact) mass is 421 g/mol. The molecule has 1 atom stereocenters. The Kier molecular flexibility index (Phi) is 4.69. The quantitative estimate of drug-likeness (QED) is 0.436. The lowest BCUT2D eigenvalue weighted by Gasteiger charge is -2.28. The number of nitrogen functional groups attached to an aromatic ring is 1. The largest absolute Gasteiger partial charge is 0.368 e. The van der Waals surface area contributed by atoms with Crippen LogP contribution in [-0.4, -0.2) is 29.5 Å². The van der Waals surface area contributed by atoms with Crippen LogP contribution in [-0.2, 0) is 0 Å². The van der Waals surface area contributed by atoms with Crippen LogP contribution in [0.4, 0.5) is 5.95 Å². The summed E-state index contributed by atoms with van der Waals surface area (Å²) in [7, 11) is 0. The molecule has 0 spiro atoms. The number of anilines is 1. The molecule has 5 rings (SSSR count). The van der Waals surface area contributed by atoms with Crippen molar-refractivity contribution in [3.8, 4) is 0 Å². The topological polar surface area (TPSA) is 115 Å². The van der Waals surface area contributed by atoms with Crippen molar-refractivity contribution in [2.45, 2.75) is 50.3 Å². The summed E-state index contributed by atoms with van der Waals surface area (Å²) in [5.74, 6) is 0.708. The highest BCUT2D eigenvalue weighted by atomic mass is 32.1. The highest BCUT2D eigenvalue weighted by Crippen LogP contribution is 2.35. The number of hydrogen-bond donors (Lipinski definition) is 3. The lowest BCUT2D eigenvalue weighted by molar-refractivity contribution is 0.337. The molecule has 1 fully saturated rings. The van der Waals surface area contributed by atoms with Gasteiger partial charge < -0.3 is 10.7 Å². The van der Waals surface area contributed by atoms with E-state index < -0.39 is 5.25 Å². The van der Waals surface area contributed by atoms with Crippen molar-refractivity contribution in [2.24, 2.45) is 0 Å². The molecular weight excluding hydrogens is 398 g/mol. The lowest BCUT2D eigenvalue weighted by Crippen LogP contribution is -2.32. The second-order valence-electron chi connectivity index (χ2n) is 7.88. The Bertz CT molecular complexity index is 1310. The van der Waals surface area contributed by atoms with Crippen molar-refractivity contribution in [1.82, 2.24) is 29.5 Å². The van der Waals surface area contributed by atoms with Crippen molar-refractivity contribution >= 4 is 40.6 Å². The molecule has 3 aromatic heterocycles. The zero-order chi connectivity index (χ0) is 20.8. The summed E-state index contributed by atoms with van der Waals surface area (Å²) in [6.45, 7) is 1.95. The highest BCUT2D eigenvalue weighted by molar-refractivity contribution is 7.80. The van der Waals surface area contributed by atoms with E-state index in [2.05, 4.69) is 19.9 Å². The van der Waals surface area contributed by atoms with Crippen molar-refractivity contribution in [1.29, 1.82) is 0 Å². The molecule has 1 unspecified atom stereocenters. The van der Waals surface area contributed by atoms with Crippen LogP contribution in [0.5, 0.6) is 0 Å². The van der Waals surface area contributed by atoms with Crippen molar-refractivity contribution in [3.05, 3.63) is 52.0 Å². The molecule has 0 bridgehead atoms. The van der Waals surface area contributed by atoms with E-state index in [1.54, 1.807) is 6.33 Å². The Hall–Kier alpha value is -2.94. The molecule has 0 amide bonds. The maximum Gasteiger partial charge on any atom is 0.261 e. The molecular formula is C21H23N7OS. The molecule has 8 nitrogen and oxygen atoms in total. The van der Waals surface area contributed by atoms with E-state index in [0.717, 1.165) is 31.2 Å². The standard InChI is InChI=1S/C21H23N7OS/c1-11-6-5-9-13-14(11)20(29)28(12-7-3-2-4-8-12)19(25-13)17(30)15-16-18(24-10-23-16)27-21(22)26-15/h5-6,9-10,12,17,30H,2-4,7-8H2,1H3,(H3,22,23,24,26,27). The smallest absolute Gasteiger partial charge is 0.261 e. The molecule has 3 heterocycles. The molecule has 1 aliphatic carbocycles. The van der Waals surface area contributed by atoms with Gasteiger partial charge >= 0.3 is 0 Å². The number of fused-ring (bicyclic) bond motifs is 2. The number of aromatic nitrogens is 6. The molecule has 1 aromatic carbocycles. The lowest BCUT2D eigenvalue weighted by atomic mass is 9.94. The minimum Gasteiger partial charge on any atom is -0.368 e. The Labute approximate surface area is 178 Å². The van der Waals surface area contributed by atoms with Gasteiger partial charge in [0, 0.05) is 6.04 Å². The molecule has 9 heteroatoms. The van der Waals surface area contributed by atoms with Gasteiger partial charge in [0.2, 0.25) is 5.95 Å². The first-order chi connectivity index (χ1) is 14.5. The average molecular weight is 422 g/mol. The summed E-state index contributed by atoms with van der Waals surface area (Å²) in [5.41, 5.74) is 9.18. The van der Waals surface area contributed by atoms with Crippen molar-refractivity contribution in [3.63, 3.8) is 0 Å². The number of aromatic amines is 1. The van der Waals surface area contributed by atoms with E-state index in [1.165, 1.54) is 6.42 Å². The Morgan fingerprint density at radius 1 is 1.20 bits per heavy atom. The van der Waals surface area contributed by atoms with Crippen LogP contribution in [0.2, 0.25) is 0 Å². The zero-order valence-corrected chi connectivity index (χ0v) is 17.6. The molecule has 4 aromatic rings. The highest BCUT2D eigenvalue weighted by Gasteiger charge is 2.28. The van der Waals surface area contributed by atoms with Crippen LogP contribution in [0.25, 0.3) is 22.1 Å². The molecule has 154 valence electrons. The molecule has 0 saturated heterocycles. The summed E-state index contributed by atoms with van der Waals surface area (Å²) in [4.78, 5) is 34.5. The number of thiol groups is 1. The number of nitrogens with one attached hydrogen (secondary N) is 1. The number of hydrogen-bond acceptors (Lipinski definition) is 7. The molecule has 3 N–H and O–H groups in total. The van der Waals surface area contributed by atoms with Gasteiger partial charge in [-0.3, -0.25) is 9.36 Å². The fourth-order valence-corrected chi connectivity index (χ4v) is 4.86. The summed E-state index contributed by atoms with van der Waals surface area (Å²) in [5, 5.41) is 0.0973. The third-order valence-electron chi connectivity index (χ3n) is 5.93.